The number of nitrogens with two attached hydrogens (primary N) is 1. The van der Waals surface area contributed by atoms with Crippen molar-refractivity contribution in [3.8, 4) is 0 Å². The second kappa shape index (κ2) is 6.03. The highest BCUT2D eigenvalue weighted by atomic mass is 16.5. The molecule has 0 bridgehead atoms. The van der Waals surface area contributed by atoms with Crippen molar-refractivity contribution in [1.29, 1.82) is 0 Å². The minimum atomic E-state index is -0.261. The lowest BCUT2D eigenvalue weighted by atomic mass is 10.2. The number of esters is 1. The number of nitrogens with zero attached hydrogens (tertiary/aromatic N) is 2. The quantitative estimate of drug-likeness (QED) is 0.748. The van der Waals surface area contributed by atoms with Gasteiger partial charge in [-0.2, -0.15) is 0 Å². The molecular weight excluding hydrogens is 220 g/mol. The van der Waals surface area contributed by atoms with Gasteiger partial charge in [-0.3, -0.25) is 4.79 Å². The van der Waals surface area contributed by atoms with Crippen LogP contribution in [-0.2, 0) is 9.53 Å². The van der Waals surface area contributed by atoms with E-state index in [0.29, 0.717) is 24.0 Å². The monoisotopic (exact) mass is 238 g/mol. The molecule has 0 aliphatic carbocycles. The third-order valence-electron chi connectivity index (χ3n) is 2.14. The molecule has 0 amide bonds. The fourth-order valence-corrected chi connectivity index (χ4v) is 1.23. The second-order valence-corrected chi connectivity index (χ2v) is 3.94. The first-order valence-electron chi connectivity index (χ1n) is 5.48. The van der Waals surface area contributed by atoms with Crippen molar-refractivity contribution in [2.24, 2.45) is 0 Å². The smallest absolute Gasteiger partial charge is 0.307 e. The Kier molecular flexibility index (Phi) is 4.68. The minimum absolute atomic E-state index is 0.208. The lowest BCUT2D eigenvalue weighted by Crippen LogP contribution is -2.12. The largest absolute Gasteiger partial charge is 0.469 e. The van der Waals surface area contributed by atoms with Crippen molar-refractivity contribution in [3.63, 3.8) is 0 Å². The van der Waals surface area contributed by atoms with Crippen LogP contribution in [0.15, 0.2) is 6.07 Å². The summed E-state index contributed by atoms with van der Waals surface area (Å²) in [6.07, 6.45) is 0.289. The number of carbonyl (C=O) groups excluding carboxylic acids is 1. The molecule has 1 rings (SSSR count). The molecule has 0 saturated heterocycles. The van der Waals surface area contributed by atoms with E-state index in [0.717, 1.165) is 0 Å². The van der Waals surface area contributed by atoms with Crippen molar-refractivity contribution in [3.05, 3.63) is 11.9 Å². The number of ether oxygens (including phenoxy) is 1. The van der Waals surface area contributed by atoms with Gasteiger partial charge in [0, 0.05) is 18.5 Å². The van der Waals surface area contributed by atoms with Crippen molar-refractivity contribution >= 4 is 17.6 Å². The molecule has 0 spiro atoms. The molecule has 0 fully saturated rings. The van der Waals surface area contributed by atoms with E-state index < -0.39 is 0 Å². The number of hydrogen-bond donors (Lipinski definition) is 2. The summed E-state index contributed by atoms with van der Waals surface area (Å²) >= 11 is 0. The molecule has 0 aromatic carbocycles. The van der Waals surface area contributed by atoms with Crippen LogP contribution in [0.1, 0.15) is 32.0 Å². The molecule has 1 aromatic heterocycles. The van der Waals surface area contributed by atoms with Crippen LogP contribution < -0.4 is 11.1 Å². The molecule has 0 saturated carbocycles. The zero-order valence-corrected chi connectivity index (χ0v) is 10.4. The van der Waals surface area contributed by atoms with Crippen molar-refractivity contribution in [1.82, 2.24) is 9.97 Å². The Bertz CT molecular complexity index is 393. The topological polar surface area (TPSA) is 90.1 Å². The van der Waals surface area contributed by atoms with Gasteiger partial charge in [0.25, 0.3) is 0 Å². The molecule has 3 N–H and O–H groups in total. The lowest BCUT2D eigenvalue weighted by Gasteiger charge is -2.09. The predicted octanol–water partition coefficient (Wildman–Crippen LogP) is 1.16. The molecule has 94 valence electrons. The second-order valence-electron chi connectivity index (χ2n) is 3.94. The van der Waals surface area contributed by atoms with E-state index in [-0.39, 0.29) is 18.3 Å². The number of hydrogen-bond acceptors (Lipinski definition) is 6. The number of methoxy groups -OCH3 is 1. The maximum absolute atomic E-state index is 10.9. The Morgan fingerprint density at radius 1 is 1.53 bits per heavy atom. The summed E-state index contributed by atoms with van der Waals surface area (Å²) in [5, 5.41) is 3.01. The molecule has 0 aliphatic heterocycles. The number of anilines is 2. The van der Waals surface area contributed by atoms with Gasteiger partial charge in [-0.05, 0) is 0 Å². The van der Waals surface area contributed by atoms with Crippen LogP contribution in [0.3, 0.4) is 0 Å². The van der Waals surface area contributed by atoms with Crippen LogP contribution in [0.4, 0.5) is 11.6 Å². The molecule has 1 aromatic rings. The first kappa shape index (κ1) is 13.2. The summed E-state index contributed by atoms with van der Waals surface area (Å²) in [5.41, 5.74) is 5.67. The molecule has 6 heteroatoms. The zero-order valence-electron chi connectivity index (χ0n) is 10.4. The van der Waals surface area contributed by atoms with E-state index in [1.54, 1.807) is 6.07 Å². The number of carbonyl (C=O) groups is 1. The standard InChI is InChI=1S/C11H18N4O2/c1-7(2)11-14-8(12)6-9(15-11)13-5-4-10(16)17-3/h6-7H,4-5H2,1-3H3,(H3,12,13,14,15). The maximum Gasteiger partial charge on any atom is 0.307 e. The third-order valence-corrected chi connectivity index (χ3v) is 2.14. The van der Waals surface area contributed by atoms with Gasteiger partial charge in [0.1, 0.15) is 17.5 Å². The average molecular weight is 238 g/mol. The summed E-state index contributed by atoms with van der Waals surface area (Å²) in [6, 6.07) is 1.64. The van der Waals surface area contributed by atoms with Crippen LogP contribution >= 0.6 is 0 Å². The van der Waals surface area contributed by atoms with E-state index >= 15 is 0 Å². The van der Waals surface area contributed by atoms with Gasteiger partial charge in [-0.25, -0.2) is 9.97 Å². The lowest BCUT2D eigenvalue weighted by molar-refractivity contribution is -0.140. The molecular formula is C11H18N4O2. The Morgan fingerprint density at radius 2 is 2.24 bits per heavy atom. The fourth-order valence-electron chi connectivity index (χ4n) is 1.23. The van der Waals surface area contributed by atoms with Crippen LogP contribution in [0.5, 0.6) is 0 Å². The Hall–Kier alpha value is -1.85. The highest BCUT2D eigenvalue weighted by Crippen LogP contribution is 2.14. The maximum atomic E-state index is 10.9. The van der Waals surface area contributed by atoms with E-state index in [1.165, 1.54) is 7.11 Å². The van der Waals surface area contributed by atoms with Gasteiger partial charge in [-0.15, -0.1) is 0 Å². The highest BCUT2D eigenvalue weighted by Gasteiger charge is 2.07. The molecule has 17 heavy (non-hydrogen) atoms. The van der Waals surface area contributed by atoms with Crippen molar-refractivity contribution < 1.29 is 9.53 Å². The molecule has 1 heterocycles. The van der Waals surface area contributed by atoms with Gasteiger partial charge in [0.05, 0.1) is 13.5 Å². The van der Waals surface area contributed by atoms with Crippen LogP contribution in [0, 0.1) is 0 Å². The van der Waals surface area contributed by atoms with Gasteiger partial charge in [0.15, 0.2) is 0 Å². The van der Waals surface area contributed by atoms with E-state index in [1.807, 2.05) is 13.8 Å². The van der Waals surface area contributed by atoms with Gasteiger partial charge >= 0.3 is 5.97 Å². The SMILES string of the molecule is COC(=O)CCNc1cc(N)nc(C(C)C)n1. The Balaban J connectivity index is 2.62. The number of aromatic nitrogens is 2. The summed E-state index contributed by atoms with van der Waals surface area (Å²) in [4.78, 5) is 19.4. The summed E-state index contributed by atoms with van der Waals surface area (Å²) in [5.74, 6) is 1.68. The van der Waals surface area contributed by atoms with Crippen LogP contribution in [-0.4, -0.2) is 29.6 Å². The van der Waals surface area contributed by atoms with Gasteiger partial charge < -0.3 is 15.8 Å². The van der Waals surface area contributed by atoms with E-state index in [2.05, 4.69) is 20.0 Å². The van der Waals surface area contributed by atoms with Crippen LogP contribution in [0.2, 0.25) is 0 Å². The Morgan fingerprint density at radius 3 is 2.82 bits per heavy atom. The van der Waals surface area contributed by atoms with E-state index in [4.69, 9.17) is 5.73 Å². The van der Waals surface area contributed by atoms with Crippen molar-refractivity contribution in [2.75, 3.05) is 24.7 Å². The number of nitrogens with one attached hydrogen (secondary N) is 1. The van der Waals surface area contributed by atoms with E-state index in [9.17, 15) is 4.79 Å². The van der Waals surface area contributed by atoms with Gasteiger partial charge in [-0.1, -0.05) is 13.8 Å². The molecule has 6 nitrogen and oxygen atoms in total. The molecule has 0 aliphatic rings. The first-order chi connectivity index (χ1) is 8.02. The van der Waals surface area contributed by atoms with Crippen molar-refractivity contribution in [2.45, 2.75) is 26.2 Å². The predicted molar refractivity (Wildman–Crippen MR) is 65.7 cm³/mol. The molecule has 0 atom stereocenters. The summed E-state index contributed by atoms with van der Waals surface area (Å²) < 4.78 is 4.54. The van der Waals surface area contributed by atoms with Gasteiger partial charge in [0.2, 0.25) is 0 Å². The van der Waals surface area contributed by atoms with Crippen LogP contribution in [0.25, 0.3) is 0 Å². The minimum Gasteiger partial charge on any atom is -0.469 e. The molecule has 0 radical (unpaired) electrons. The number of nitrogen functional groups attached to an aromatic ring is 1. The fraction of sp³-hybridized carbons (Fsp3) is 0.545. The summed E-state index contributed by atoms with van der Waals surface area (Å²) in [6.45, 7) is 4.45. The Labute approximate surface area is 101 Å². The zero-order chi connectivity index (χ0) is 12.8. The average Bonchev–Trinajstić information content (AvgIpc) is 2.28. The normalized spacial score (nSPS) is 10.4. The first-order valence-corrected chi connectivity index (χ1v) is 5.48. The highest BCUT2D eigenvalue weighted by molar-refractivity contribution is 5.69. The third kappa shape index (κ3) is 4.26. The number of rotatable bonds is 5. The molecule has 0 unspecified atom stereocenters. The summed E-state index contributed by atoms with van der Waals surface area (Å²) in [7, 11) is 1.36.